The summed E-state index contributed by atoms with van der Waals surface area (Å²) in [5.74, 6) is 0. The van der Waals surface area contributed by atoms with E-state index in [1.807, 2.05) is 20.4 Å². The summed E-state index contributed by atoms with van der Waals surface area (Å²) >= 11 is 0. The molecule has 0 amide bonds. The lowest BCUT2D eigenvalue weighted by Gasteiger charge is -2.09. The van der Waals surface area contributed by atoms with E-state index in [-0.39, 0.29) is 0 Å². The third-order valence-corrected chi connectivity index (χ3v) is 3.05. The van der Waals surface area contributed by atoms with E-state index in [1.165, 1.54) is 22.4 Å². The molecule has 0 radical (unpaired) electrons. The number of benzene rings is 1. The summed E-state index contributed by atoms with van der Waals surface area (Å²) in [6.45, 7) is 5.08. The zero-order chi connectivity index (χ0) is 12.4. The fraction of sp³-hybridized carbons (Fsp3) is 0.357. The third-order valence-electron chi connectivity index (χ3n) is 3.05. The van der Waals surface area contributed by atoms with Gasteiger partial charge in [-0.25, -0.2) is 4.98 Å². The van der Waals surface area contributed by atoms with Crippen molar-refractivity contribution in [3.05, 3.63) is 41.3 Å². The average molecular weight is 229 g/mol. The van der Waals surface area contributed by atoms with Crippen LogP contribution in [0.3, 0.4) is 0 Å². The number of hydrogen-bond acceptors (Lipinski definition) is 2. The van der Waals surface area contributed by atoms with E-state index in [2.05, 4.69) is 46.9 Å². The minimum absolute atomic E-state index is 0.833. The first-order valence-corrected chi connectivity index (χ1v) is 5.86. The smallest absolute Gasteiger partial charge is 0.0953 e. The van der Waals surface area contributed by atoms with Crippen LogP contribution in [0.5, 0.6) is 0 Å². The van der Waals surface area contributed by atoms with Crippen LogP contribution in [0, 0.1) is 13.8 Å². The van der Waals surface area contributed by atoms with Crippen molar-refractivity contribution in [1.82, 2.24) is 14.9 Å². The molecule has 17 heavy (non-hydrogen) atoms. The van der Waals surface area contributed by atoms with Crippen molar-refractivity contribution in [1.29, 1.82) is 0 Å². The van der Waals surface area contributed by atoms with Crippen LogP contribution in [-0.4, -0.2) is 16.6 Å². The van der Waals surface area contributed by atoms with E-state index in [9.17, 15) is 0 Å². The van der Waals surface area contributed by atoms with E-state index >= 15 is 0 Å². The highest BCUT2D eigenvalue weighted by atomic mass is 15.1. The molecule has 0 atom stereocenters. The SMILES string of the molecule is CNCc1c(-c2cc(C)ccc2C)ncn1C. The molecule has 0 saturated carbocycles. The molecule has 0 aliphatic heterocycles. The molecule has 1 aromatic carbocycles. The van der Waals surface area contributed by atoms with Crippen molar-refractivity contribution in [2.45, 2.75) is 20.4 Å². The van der Waals surface area contributed by atoms with Crippen LogP contribution in [0.2, 0.25) is 0 Å². The molecular weight excluding hydrogens is 210 g/mol. The Bertz CT molecular complexity index is 526. The van der Waals surface area contributed by atoms with Crippen molar-refractivity contribution in [2.24, 2.45) is 7.05 Å². The summed E-state index contributed by atoms with van der Waals surface area (Å²) in [6.07, 6.45) is 1.88. The number of imidazole rings is 1. The molecule has 1 aromatic heterocycles. The molecule has 0 fully saturated rings. The molecule has 0 aliphatic carbocycles. The summed E-state index contributed by atoms with van der Waals surface area (Å²) in [7, 11) is 3.99. The largest absolute Gasteiger partial charge is 0.336 e. The van der Waals surface area contributed by atoms with Gasteiger partial charge in [0.2, 0.25) is 0 Å². The Morgan fingerprint density at radius 2 is 2.06 bits per heavy atom. The van der Waals surface area contributed by atoms with Gasteiger partial charge in [-0.2, -0.15) is 0 Å². The lowest BCUT2D eigenvalue weighted by Crippen LogP contribution is -2.10. The molecule has 0 aliphatic rings. The van der Waals surface area contributed by atoms with E-state index in [4.69, 9.17) is 0 Å². The van der Waals surface area contributed by atoms with Gasteiger partial charge in [-0.15, -0.1) is 0 Å². The summed E-state index contributed by atoms with van der Waals surface area (Å²) in [4.78, 5) is 4.53. The molecule has 0 unspecified atom stereocenters. The van der Waals surface area contributed by atoms with Crippen molar-refractivity contribution >= 4 is 0 Å². The molecule has 2 rings (SSSR count). The molecule has 1 heterocycles. The van der Waals surface area contributed by atoms with Crippen LogP contribution < -0.4 is 5.32 Å². The number of rotatable bonds is 3. The minimum Gasteiger partial charge on any atom is -0.336 e. The minimum atomic E-state index is 0.833. The molecule has 3 heteroatoms. The van der Waals surface area contributed by atoms with E-state index in [1.54, 1.807) is 0 Å². The van der Waals surface area contributed by atoms with Crippen molar-refractivity contribution < 1.29 is 0 Å². The molecule has 0 spiro atoms. The Morgan fingerprint density at radius 1 is 1.29 bits per heavy atom. The van der Waals surface area contributed by atoms with E-state index in [0.29, 0.717) is 0 Å². The maximum Gasteiger partial charge on any atom is 0.0953 e. The van der Waals surface area contributed by atoms with Gasteiger partial charge in [-0.1, -0.05) is 17.7 Å². The van der Waals surface area contributed by atoms with E-state index in [0.717, 1.165) is 12.2 Å². The summed E-state index contributed by atoms with van der Waals surface area (Å²) in [5, 5.41) is 3.19. The highest BCUT2D eigenvalue weighted by Crippen LogP contribution is 2.26. The van der Waals surface area contributed by atoms with Crippen LogP contribution >= 0.6 is 0 Å². The fourth-order valence-electron chi connectivity index (χ4n) is 2.05. The first kappa shape index (κ1) is 11.9. The Balaban J connectivity index is 2.56. The molecule has 3 nitrogen and oxygen atoms in total. The maximum atomic E-state index is 4.53. The van der Waals surface area contributed by atoms with E-state index < -0.39 is 0 Å². The molecule has 90 valence electrons. The number of aryl methyl sites for hydroxylation is 3. The van der Waals surface area contributed by atoms with Crippen LogP contribution in [-0.2, 0) is 13.6 Å². The van der Waals surface area contributed by atoms with Gasteiger partial charge in [0, 0.05) is 19.2 Å². The second-order valence-electron chi connectivity index (χ2n) is 4.50. The predicted octanol–water partition coefficient (Wildman–Crippen LogP) is 2.42. The molecule has 0 saturated heterocycles. The Labute approximate surface area is 103 Å². The van der Waals surface area contributed by atoms with Gasteiger partial charge in [-0.3, -0.25) is 0 Å². The van der Waals surface area contributed by atoms with Gasteiger partial charge >= 0.3 is 0 Å². The fourth-order valence-corrected chi connectivity index (χ4v) is 2.05. The number of aromatic nitrogens is 2. The zero-order valence-corrected chi connectivity index (χ0v) is 10.9. The highest BCUT2D eigenvalue weighted by molar-refractivity contribution is 5.66. The topological polar surface area (TPSA) is 29.9 Å². The summed E-state index contributed by atoms with van der Waals surface area (Å²) < 4.78 is 2.08. The number of hydrogen-bond donors (Lipinski definition) is 1. The van der Waals surface area contributed by atoms with Crippen molar-refractivity contribution in [3.8, 4) is 11.3 Å². The molecule has 1 N–H and O–H groups in total. The van der Waals surface area contributed by atoms with Crippen molar-refractivity contribution in [2.75, 3.05) is 7.05 Å². The summed E-state index contributed by atoms with van der Waals surface area (Å²) in [6, 6.07) is 6.50. The zero-order valence-electron chi connectivity index (χ0n) is 10.9. The van der Waals surface area contributed by atoms with Gasteiger partial charge in [0.1, 0.15) is 0 Å². The molecule has 0 bridgehead atoms. The second-order valence-corrected chi connectivity index (χ2v) is 4.50. The summed E-state index contributed by atoms with van der Waals surface area (Å²) in [5.41, 5.74) is 6.08. The van der Waals surface area contributed by atoms with Gasteiger partial charge < -0.3 is 9.88 Å². The lowest BCUT2D eigenvalue weighted by atomic mass is 10.0. The van der Waals surface area contributed by atoms with Gasteiger partial charge in [0.05, 0.1) is 17.7 Å². The quantitative estimate of drug-likeness (QED) is 0.876. The highest BCUT2D eigenvalue weighted by Gasteiger charge is 2.12. The first-order chi connectivity index (χ1) is 8.13. The van der Waals surface area contributed by atoms with Crippen LogP contribution in [0.15, 0.2) is 24.5 Å². The third kappa shape index (κ3) is 2.24. The first-order valence-electron chi connectivity index (χ1n) is 5.86. The Morgan fingerprint density at radius 3 is 2.76 bits per heavy atom. The Kier molecular flexibility index (Phi) is 3.29. The lowest BCUT2D eigenvalue weighted by molar-refractivity contribution is 0.735. The number of nitrogens with one attached hydrogen (secondary N) is 1. The van der Waals surface area contributed by atoms with Crippen LogP contribution in [0.25, 0.3) is 11.3 Å². The van der Waals surface area contributed by atoms with Gasteiger partial charge in [0.15, 0.2) is 0 Å². The van der Waals surface area contributed by atoms with Crippen molar-refractivity contribution in [3.63, 3.8) is 0 Å². The average Bonchev–Trinajstić information content (AvgIpc) is 2.65. The number of nitrogens with zero attached hydrogens (tertiary/aromatic N) is 2. The molecule has 2 aromatic rings. The predicted molar refractivity (Wildman–Crippen MR) is 70.9 cm³/mol. The second kappa shape index (κ2) is 4.72. The normalized spacial score (nSPS) is 10.8. The van der Waals surface area contributed by atoms with Gasteiger partial charge in [0.25, 0.3) is 0 Å². The standard InChI is InChI=1S/C14H19N3/c1-10-5-6-11(2)12(7-10)14-13(8-15-3)17(4)9-16-14/h5-7,9,15H,8H2,1-4H3. The maximum absolute atomic E-state index is 4.53. The van der Waals surface area contributed by atoms with Crippen LogP contribution in [0.1, 0.15) is 16.8 Å². The molecular formula is C14H19N3. The van der Waals surface area contributed by atoms with Gasteiger partial charge in [-0.05, 0) is 32.5 Å². The van der Waals surface area contributed by atoms with Crippen LogP contribution in [0.4, 0.5) is 0 Å². The Hall–Kier alpha value is -1.61. The monoisotopic (exact) mass is 229 g/mol.